The van der Waals surface area contributed by atoms with E-state index in [-0.39, 0.29) is 11.4 Å². The molecule has 1 rings (SSSR count). The molecule has 0 saturated carbocycles. The van der Waals surface area contributed by atoms with Crippen LogP contribution in [0.4, 0.5) is 10.5 Å². The van der Waals surface area contributed by atoms with Crippen molar-refractivity contribution in [2.45, 2.75) is 46.0 Å². The van der Waals surface area contributed by atoms with Crippen LogP contribution in [-0.4, -0.2) is 24.5 Å². The van der Waals surface area contributed by atoms with Crippen LogP contribution >= 0.6 is 0 Å². The highest BCUT2D eigenvalue weighted by molar-refractivity contribution is 5.90. The molecule has 0 aliphatic rings. The molecule has 1 aromatic rings. The lowest BCUT2D eigenvalue weighted by atomic mass is 9.86. The Morgan fingerprint density at radius 1 is 1.26 bits per heavy atom. The SMILES string of the molecule is CCCCN(C)C(=O)Nc1ccccc1C(C)(C)C. The molecule has 106 valence electrons. The van der Waals surface area contributed by atoms with Crippen LogP contribution in [0.3, 0.4) is 0 Å². The lowest BCUT2D eigenvalue weighted by molar-refractivity contribution is 0.222. The summed E-state index contributed by atoms with van der Waals surface area (Å²) in [5, 5.41) is 3.01. The molecule has 3 heteroatoms. The van der Waals surface area contributed by atoms with E-state index in [1.165, 1.54) is 0 Å². The van der Waals surface area contributed by atoms with Crippen molar-refractivity contribution in [1.82, 2.24) is 4.90 Å². The fourth-order valence-electron chi connectivity index (χ4n) is 1.95. The number of unbranched alkanes of at least 4 members (excludes halogenated alkanes) is 1. The van der Waals surface area contributed by atoms with Gasteiger partial charge in [0.1, 0.15) is 0 Å². The Kier molecular flexibility index (Phi) is 5.40. The van der Waals surface area contributed by atoms with Gasteiger partial charge in [-0.2, -0.15) is 0 Å². The summed E-state index contributed by atoms with van der Waals surface area (Å²) < 4.78 is 0. The molecular formula is C16H26N2O. The number of benzene rings is 1. The van der Waals surface area contributed by atoms with Crippen LogP contribution in [0.1, 0.15) is 46.1 Å². The van der Waals surface area contributed by atoms with Crippen LogP contribution in [0.15, 0.2) is 24.3 Å². The van der Waals surface area contributed by atoms with E-state index in [4.69, 9.17) is 0 Å². The second-order valence-corrected chi connectivity index (χ2v) is 6.00. The predicted molar refractivity (Wildman–Crippen MR) is 81.7 cm³/mol. The monoisotopic (exact) mass is 262 g/mol. The van der Waals surface area contributed by atoms with Gasteiger partial charge in [0.05, 0.1) is 0 Å². The average Bonchev–Trinajstić information content (AvgIpc) is 2.35. The van der Waals surface area contributed by atoms with E-state index in [2.05, 4.69) is 39.1 Å². The van der Waals surface area contributed by atoms with Crippen molar-refractivity contribution in [2.24, 2.45) is 0 Å². The Balaban J connectivity index is 2.80. The van der Waals surface area contributed by atoms with Crippen molar-refractivity contribution in [3.63, 3.8) is 0 Å². The maximum Gasteiger partial charge on any atom is 0.321 e. The highest BCUT2D eigenvalue weighted by Crippen LogP contribution is 2.29. The maximum atomic E-state index is 12.1. The fraction of sp³-hybridized carbons (Fsp3) is 0.562. The van der Waals surface area contributed by atoms with Gasteiger partial charge in [-0.3, -0.25) is 0 Å². The van der Waals surface area contributed by atoms with E-state index >= 15 is 0 Å². The first kappa shape index (κ1) is 15.5. The Morgan fingerprint density at radius 3 is 2.47 bits per heavy atom. The van der Waals surface area contributed by atoms with Crippen molar-refractivity contribution in [1.29, 1.82) is 0 Å². The molecule has 2 amide bonds. The molecule has 1 N–H and O–H groups in total. The third kappa shape index (κ3) is 4.58. The number of carbonyl (C=O) groups is 1. The lowest BCUT2D eigenvalue weighted by Crippen LogP contribution is -2.33. The number of carbonyl (C=O) groups excluding carboxylic acids is 1. The summed E-state index contributed by atoms with van der Waals surface area (Å²) in [6.07, 6.45) is 2.13. The molecular weight excluding hydrogens is 236 g/mol. The third-order valence-corrected chi connectivity index (χ3v) is 3.17. The Labute approximate surface area is 117 Å². The molecule has 0 fully saturated rings. The highest BCUT2D eigenvalue weighted by Gasteiger charge is 2.19. The zero-order valence-electron chi connectivity index (χ0n) is 12.8. The quantitative estimate of drug-likeness (QED) is 0.864. The third-order valence-electron chi connectivity index (χ3n) is 3.17. The van der Waals surface area contributed by atoms with E-state index in [9.17, 15) is 4.79 Å². The van der Waals surface area contributed by atoms with Gasteiger partial charge in [0.25, 0.3) is 0 Å². The molecule has 0 saturated heterocycles. The van der Waals surface area contributed by atoms with E-state index in [0.717, 1.165) is 30.6 Å². The van der Waals surface area contributed by atoms with Gasteiger partial charge in [0.15, 0.2) is 0 Å². The molecule has 0 heterocycles. The van der Waals surface area contributed by atoms with Crippen molar-refractivity contribution >= 4 is 11.7 Å². The largest absolute Gasteiger partial charge is 0.328 e. The molecule has 0 spiro atoms. The zero-order chi connectivity index (χ0) is 14.5. The second-order valence-electron chi connectivity index (χ2n) is 6.00. The maximum absolute atomic E-state index is 12.1. The molecule has 0 bridgehead atoms. The summed E-state index contributed by atoms with van der Waals surface area (Å²) in [7, 11) is 1.84. The first-order chi connectivity index (χ1) is 8.86. The molecule has 0 aliphatic carbocycles. The summed E-state index contributed by atoms with van der Waals surface area (Å²) in [6.45, 7) is 9.37. The Hall–Kier alpha value is -1.51. The van der Waals surface area contributed by atoms with Crippen molar-refractivity contribution < 1.29 is 4.79 Å². The number of urea groups is 1. The van der Waals surface area contributed by atoms with Gasteiger partial charge < -0.3 is 10.2 Å². The summed E-state index contributed by atoms with van der Waals surface area (Å²) in [5.74, 6) is 0. The molecule has 1 aromatic carbocycles. The summed E-state index contributed by atoms with van der Waals surface area (Å²) in [4.78, 5) is 13.9. The van der Waals surface area contributed by atoms with Crippen LogP contribution in [0.25, 0.3) is 0 Å². The number of para-hydroxylation sites is 1. The van der Waals surface area contributed by atoms with Crippen LogP contribution < -0.4 is 5.32 Å². The fourth-order valence-corrected chi connectivity index (χ4v) is 1.95. The number of hydrogen-bond acceptors (Lipinski definition) is 1. The number of nitrogens with one attached hydrogen (secondary N) is 1. The smallest absolute Gasteiger partial charge is 0.321 e. The van der Waals surface area contributed by atoms with E-state index in [1.54, 1.807) is 4.90 Å². The summed E-state index contributed by atoms with van der Waals surface area (Å²) in [5.41, 5.74) is 2.09. The molecule has 0 aliphatic heterocycles. The first-order valence-corrected chi connectivity index (χ1v) is 6.98. The standard InChI is InChI=1S/C16H26N2O/c1-6-7-12-18(5)15(19)17-14-11-9-8-10-13(14)16(2,3)4/h8-11H,6-7,12H2,1-5H3,(H,17,19). The topological polar surface area (TPSA) is 32.3 Å². The summed E-state index contributed by atoms with van der Waals surface area (Å²) in [6, 6.07) is 7.96. The number of hydrogen-bond donors (Lipinski definition) is 1. The summed E-state index contributed by atoms with van der Waals surface area (Å²) >= 11 is 0. The lowest BCUT2D eigenvalue weighted by Gasteiger charge is -2.24. The Morgan fingerprint density at radius 2 is 1.89 bits per heavy atom. The van der Waals surface area contributed by atoms with Crippen molar-refractivity contribution in [3.8, 4) is 0 Å². The molecule has 0 radical (unpaired) electrons. The van der Waals surface area contributed by atoms with Crippen LogP contribution in [0.5, 0.6) is 0 Å². The minimum Gasteiger partial charge on any atom is -0.328 e. The van der Waals surface area contributed by atoms with Crippen LogP contribution in [0, 0.1) is 0 Å². The van der Waals surface area contributed by atoms with Gasteiger partial charge in [0, 0.05) is 19.3 Å². The first-order valence-electron chi connectivity index (χ1n) is 6.98. The Bertz CT molecular complexity index is 421. The van der Waals surface area contributed by atoms with Gasteiger partial charge in [-0.1, -0.05) is 52.3 Å². The van der Waals surface area contributed by atoms with Crippen molar-refractivity contribution in [3.05, 3.63) is 29.8 Å². The van der Waals surface area contributed by atoms with E-state index in [0.29, 0.717) is 0 Å². The van der Waals surface area contributed by atoms with Crippen LogP contribution in [-0.2, 0) is 5.41 Å². The molecule has 0 atom stereocenters. The van der Waals surface area contributed by atoms with E-state index < -0.39 is 0 Å². The van der Waals surface area contributed by atoms with Crippen molar-refractivity contribution in [2.75, 3.05) is 18.9 Å². The number of anilines is 1. The molecule has 0 aromatic heterocycles. The number of amides is 2. The highest BCUT2D eigenvalue weighted by atomic mass is 16.2. The predicted octanol–water partition coefficient (Wildman–Crippen LogP) is 4.25. The minimum atomic E-state index is -0.0369. The molecule has 19 heavy (non-hydrogen) atoms. The van der Waals surface area contributed by atoms with Gasteiger partial charge in [-0.25, -0.2) is 4.79 Å². The van der Waals surface area contributed by atoms with Gasteiger partial charge in [-0.05, 0) is 23.5 Å². The number of rotatable bonds is 4. The minimum absolute atomic E-state index is 0.0197. The van der Waals surface area contributed by atoms with Gasteiger partial charge in [-0.15, -0.1) is 0 Å². The van der Waals surface area contributed by atoms with Gasteiger partial charge in [0.2, 0.25) is 0 Å². The molecule has 0 unspecified atom stereocenters. The number of nitrogens with zero attached hydrogens (tertiary/aromatic N) is 1. The average molecular weight is 262 g/mol. The second kappa shape index (κ2) is 6.60. The van der Waals surface area contributed by atoms with E-state index in [1.807, 2.05) is 25.2 Å². The normalized spacial score (nSPS) is 11.2. The van der Waals surface area contributed by atoms with Crippen LogP contribution in [0.2, 0.25) is 0 Å². The zero-order valence-corrected chi connectivity index (χ0v) is 12.8. The van der Waals surface area contributed by atoms with Gasteiger partial charge >= 0.3 is 6.03 Å². The molecule has 3 nitrogen and oxygen atoms in total.